The van der Waals surface area contributed by atoms with Gasteiger partial charge in [-0.25, -0.2) is 0 Å². The smallest absolute Gasteiger partial charge is 0.0722 e. The van der Waals surface area contributed by atoms with Gasteiger partial charge in [-0.05, 0) is 31.8 Å². The second kappa shape index (κ2) is 5.63. The maximum Gasteiger partial charge on any atom is 0.0722 e. The molecule has 1 aliphatic rings. The molecule has 1 aliphatic heterocycles. The van der Waals surface area contributed by atoms with E-state index in [1.807, 2.05) is 11.7 Å². The topological polar surface area (TPSA) is 41.3 Å². The molecule has 1 aromatic heterocycles. The molecule has 1 aromatic rings. The van der Waals surface area contributed by atoms with Crippen molar-refractivity contribution in [3.05, 3.63) is 17.5 Å². The lowest BCUT2D eigenvalue weighted by Gasteiger charge is -2.31. The maximum absolute atomic E-state index is 9.19. The van der Waals surface area contributed by atoms with Crippen LogP contribution in [0.3, 0.4) is 0 Å². The molecule has 4 heteroatoms. The van der Waals surface area contributed by atoms with Crippen LogP contribution in [0.25, 0.3) is 0 Å². The highest BCUT2D eigenvalue weighted by atomic mass is 16.3. The molecular formula is C15H27N3O. The minimum atomic E-state index is 0.0972. The Labute approximate surface area is 116 Å². The van der Waals surface area contributed by atoms with Crippen molar-refractivity contribution in [2.75, 3.05) is 19.7 Å². The first-order chi connectivity index (χ1) is 8.90. The molecule has 19 heavy (non-hydrogen) atoms. The molecule has 1 fully saturated rings. The van der Waals surface area contributed by atoms with Crippen LogP contribution in [0.4, 0.5) is 0 Å². The summed E-state index contributed by atoms with van der Waals surface area (Å²) in [5, 5.41) is 13.8. The zero-order valence-electron chi connectivity index (χ0n) is 12.7. The maximum atomic E-state index is 9.19. The van der Waals surface area contributed by atoms with Gasteiger partial charge < -0.3 is 5.11 Å². The molecule has 2 heterocycles. The van der Waals surface area contributed by atoms with Gasteiger partial charge >= 0.3 is 0 Å². The second-order valence-corrected chi connectivity index (χ2v) is 6.83. The number of hydrogen-bond donors (Lipinski definition) is 1. The molecule has 0 saturated carbocycles. The number of rotatable bonds is 3. The third-order valence-corrected chi connectivity index (χ3v) is 3.97. The van der Waals surface area contributed by atoms with E-state index in [9.17, 15) is 5.11 Å². The van der Waals surface area contributed by atoms with Gasteiger partial charge in [0.1, 0.15) is 0 Å². The van der Waals surface area contributed by atoms with Gasteiger partial charge in [0.15, 0.2) is 0 Å². The van der Waals surface area contributed by atoms with E-state index < -0.39 is 0 Å². The van der Waals surface area contributed by atoms with Gasteiger partial charge in [0, 0.05) is 37.4 Å². The van der Waals surface area contributed by atoms with Gasteiger partial charge in [-0.15, -0.1) is 0 Å². The average molecular weight is 265 g/mol. The van der Waals surface area contributed by atoms with E-state index in [0.29, 0.717) is 12.5 Å². The van der Waals surface area contributed by atoms with E-state index in [4.69, 9.17) is 0 Å². The highest BCUT2D eigenvalue weighted by molar-refractivity contribution is 5.24. The standard InChI is InChI=1S/C15H27N3O/c1-15(2,3)14-13(9-17(4)16-14)10-18-7-5-12(11-19)6-8-18/h9,12,19H,5-8,10-11H2,1-4H3. The Morgan fingerprint density at radius 3 is 2.47 bits per heavy atom. The number of piperidine rings is 1. The first kappa shape index (κ1) is 14.5. The predicted octanol–water partition coefficient (Wildman–Crippen LogP) is 1.92. The fourth-order valence-corrected chi connectivity index (χ4v) is 2.85. The van der Waals surface area contributed by atoms with Gasteiger partial charge in [-0.2, -0.15) is 5.10 Å². The summed E-state index contributed by atoms with van der Waals surface area (Å²) in [4.78, 5) is 2.48. The molecule has 2 rings (SSSR count). The Bertz CT molecular complexity index is 412. The molecule has 0 bridgehead atoms. The zero-order chi connectivity index (χ0) is 14.0. The lowest BCUT2D eigenvalue weighted by atomic mass is 9.89. The monoisotopic (exact) mass is 265 g/mol. The molecule has 1 saturated heterocycles. The lowest BCUT2D eigenvalue weighted by Crippen LogP contribution is -2.34. The molecule has 0 atom stereocenters. The Balaban J connectivity index is 2.04. The van der Waals surface area contributed by atoms with Crippen molar-refractivity contribution in [1.82, 2.24) is 14.7 Å². The number of nitrogens with zero attached hydrogens (tertiary/aromatic N) is 3. The Morgan fingerprint density at radius 1 is 1.32 bits per heavy atom. The highest BCUT2D eigenvalue weighted by Crippen LogP contribution is 2.26. The van der Waals surface area contributed by atoms with Gasteiger partial charge in [0.05, 0.1) is 5.69 Å². The van der Waals surface area contributed by atoms with Crippen molar-refractivity contribution in [2.24, 2.45) is 13.0 Å². The predicted molar refractivity (Wildman–Crippen MR) is 77.0 cm³/mol. The SMILES string of the molecule is Cn1cc(CN2CCC(CO)CC2)c(C(C)(C)C)n1. The minimum absolute atomic E-state index is 0.0972. The Kier molecular flexibility index (Phi) is 4.31. The number of aryl methyl sites for hydroxylation is 1. The van der Waals surface area contributed by atoms with Crippen LogP contribution >= 0.6 is 0 Å². The summed E-state index contributed by atoms with van der Waals surface area (Å²) in [5.41, 5.74) is 2.65. The van der Waals surface area contributed by atoms with Gasteiger partial charge in [-0.1, -0.05) is 20.8 Å². The third kappa shape index (κ3) is 3.57. The quantitative estimate of drug-likeness (QED) is 0.908. The van der Waals surface area contributed by atoms with Crippen molar-refractivity contribution in [3.63, 3.8) is 0 Å². The molecule has 0 aromatic carbocycles. The summed E-state index contributed by atoms with van der Waals surface area (Å²) < 4.78 is 1.93. The molecular weight excluding hydrogens is 238 g/mol. The van der Waals surface area contributed by atoms with Crippen LogP contribution < -0.4 is 0 Å². The average Bonchev–Trinajstić information content (AvgIpc) is 2.71. The molecule has 0 spiro atoms. The second-order valence-electron chi connectivity index (χ2n) is 6.83. The number of aliphatic hydroxyl groups is 1. The zero-order valence-corrected chi connectivity index (χ0v) is 12.7. The Hall–Kier alpha value is -0.870. The molecule has 108 valence electrons. The van der Waals surface area contributed by atoms with Crippen LogP contribution in [0.2, 0.25) is 0 Å². The molecule has 0 amide bonds. The molecule has 0 unspecified atom stereocenters. The van der Waals surface area contributed by atoms with Crippen LogP contribution in [0.15, 0.2) is 6.20 Å². The minimum Gasteiger partial charge on any atom is -0.396 e. The number of hydrogen-bond acceptors (Lipinski definition) is 3. The van der Waals surface area contributed by atoms with E-state index in [1.54, 1.807) is 0 Å². The third-order valence-electron chi connectivity index (χ3n) is 3.97. The van der Waals surface area contributed by atoms with Crippen LogP contribution in [0.1, 0.15) is 44.9 Å². The van der Waals surface area contributed by atoms with Crippen molar-refractivity contribution >= 4 is 0 Å². The molecule has 0 radical (unpaired) electrons. The summed E-state index contributed by atoms with van der Waals surface area (Å²) in [5.74, 6) is 0.507. The summed E-state index contributed by atoms with van der Waals surface area (Å²) >= 11 is 0. The van der Waals surface area contributed by atoms with E-state index in [-0.39, 0.29) is 5.41 Å². The number of aliphatic hydroxyl groups excluding tert-OH is 1. The van der Waals surface area contributed by atoms with Crippen molar-refractivity contribution < 1.29 is 5.11 Å². The summed E-state index contributed by atoms with van der Waals surface area (Å²) in [6.07, 6.45) is 4.38. The van der Waals surface area contributed by atoms with E-state index in [1.165, 1.54) is 11.3 Å². The fraction of sp³-hybridized carbons (Fsp3) is 0.800. The summed E-state index contributed by atoms with van der Waals surface area (Å²) in [6, 6.07) is 0. The van der Waals surface area contributed by atoms with Crippen LogP contribution in [-0.4, -0.2) is 39.5 Å². The first-order valence-corrected chi connectivity index (χ1v) is 7.26. The molecule has 1 N–H and O–H groups in total. The Morgan fingerprint density at radius 2 is 1.95 bits per heavy atom. The van der Waals surface area contributed by atoms with Gasteiger partial charge in [0.25, 0.3) is 0 Å². The van der Waals surface area contributed by atoms with Gasteiger partial charge in [0.2, 0.25) is 0 Å². The molecule has 0 aliphatic carbocycles. The van der Waals surface area contributed by atoms with Crippen LogP contribution in [0.5, 0.6) is 0 Å². The summed E-state index contributed by atoms with van der Waals surface area (Å²) in [6.45, 7) is 10.2. The largest absolute Gasteiger partial charge is 0.396 e. The van der Waals surface area contributed by atoms with E-state index in [2.05, 4.69) is 37.0 Å². The van der Waals surface area contributed by atoms with Crippen molar-refractivity contribution in [3.8, 4) is 0 Å². The highest BCUT2D eigenvalue weighted by Gasteiger charge is 2.24. The van der Waals surface area contributed by atoms with Crippen molar-refractivity contribution in [1.29, 1.82) is 0 Å². The number of likely N-dealkylation sites (tertiary alicyclic amines) is 1. The van der Waals surface area contributed by atoms with E-state index in [0.717, 1.165) is 32.5 Å². The first-order valence-electron chi connectivity index (χ1n) is 7.26. The van der Waals surface area contributed by atoms with E-state index >= 15 is 0 Å². The van der Waals surface area contributed by atoms with Crippen LogP contribution in [0, 0.1) is 5.92 Å². The van der Waals surface area contributed by atoms with Crippen molar-refractivity contribution in [2.45, 2.75) is 45.6 Å². The summed E-state index contributed by atoms with van der Waals surface area (Å²) in [7, 11) is 2.00. The fourth-order valence-electron chi connectivity index (χ4n) is 2.85. The number of aromatic nitrogens is 2. The normalized spacial score (nSPS) is 19.0. The van der Waals surface area contributed by atoms with Gasteiger partial charge in [-0.3, -0.25) is 9.58 Å². The van der Waals surface area contributed by atoms with Crippen LogP contribution in [-0.2, 0) is 19.0 Å². The molecule has 4 nitrogen and oxygen atoms in total. The lowest BCUT2D eigenvalue weighted by molar-refractivity contribution is 0.127.